The summed E-state index contributed by atoms with van der Waals surface area (Å²) in [7, 11) is 0. The third kappa shape index (κ3) is 6.60. The van der Waals surface area contributed by atoms with Crippen molar-refractivity contribution in [2.24, 2.45) is 5.92 Å². The van der Waals surface area contributed by atoms with E-state index in [9.17, 15) is 18.0 Å². The molecule has 1 aromatic heterocycles. The summed E-state index contributed by atoms with van der Waals surface area (Å²) in [6, 6.07) is 3.60. The first-order valence-corrected chi connectivity index (χ1v) is 6.46. The lowest BCUT2D eigenvalue weighted by molar-refractivity contribution is -0.138. The van der Waals surface area contributed by atoms with Gasteiger partial charge in [0.15, 0.2) is 0 Å². The summed E-state index contributed by atoms with van der Waals surface area (Å²) >= 11 is 0. The van der Waals surface area contributed by atoms with Crippen molar-refractivity contribution >= 4 is 5.91 Å². The molecule has 0 unspecified atom stereocenters. The largest absolute Gasteiger partial charge is 0.405 e. The summed E-state index contributed by atoms with van der Waals surface area (Å²) in [5.41, 5.74) is 0.868. The van der Waals surface area contributed by atoms with Gasteiger partial charge in [0.2, 0.25) is 5.91 Å². The van der Waals surface area contributed by atoms with Gasteiger partial charge in [-0.25, -0.2) is 0 Å². The lowest BCUT2D eigenvalue weighted by Crippen LogP contribution is -2.36. The fraction of sp³-hybridized carbons (Fsp3) is 0.615. The van der Waals surface area contributed by atoms with Crippen LogP contribution in [0.3, 0.4) is 0 Å². The van der Waals surface area contributed by atoms with E-state index in [1.807, 2.05) is 11.4 Å². The summed E-state index contributed by atoms with van der Waals surface area (Å²) in [4.78, 5) is 11.4. The Morgan fingerprint density at radius 1 is 1.40 bits per heavy atom. The van der Waals surface area contributed by atoms with Gasteiger partial charge >= 0.3 is 6.18 Å². The van der Waals surface area contributed by atoms with E-state index in [0.717, 1.165) is 12.2 Å². The van der Waals surface area contributed by atoms with Gasteiger partial charge in [0.05, 0.1) is 0 Å². The average Bonchev–Trinajstić information content (AvgIpc) is 2.73. The van der Waals surface area contributed by atoms with Crippen molar-refractivity contribution in [3.05, 3.63) is 24.0 Å². The maximum absolute atomic E-state index is 12.0. The van der Waals surface area contributed by atoms with Gasteiger partial charge in [-0.1, -0.05) is 13.8 Å². The van der Waals surface area contributed by atoms with Crippen LogP contribution >= 0.6 is 0 Å². The molecule has 0 aromatic carbocycles. The zero-order valence-corrected chi connectivity index (χ0v) is 11.6. The number of halogens is 3. The van der Waals surface area contributed by atoms with E-state index in [1.54, 1.807) is 16.8 Å². The molecule has 20 heavy (non-hydrogen) atoms. The summed E-state index contributed by atoms with van der Waals surface area (Å²) in [5.74, 6) is -0.142. The van der Waals surface area contributed by atoms with Crippen molar-refractivity contribution in [2.75, 3.05) is 13.1 Å². The number of carbonyl (C=O) groups excluding carboxylic acids is 1. The maximum atomic E-state index is 12.0. The normalized spacial score (nSPS) is 11.9. The number of nitrogens with zero attached hydrogens (tertiary/aromatic N) is 1. The molecule has 1 aromatic rings. The van der Waals surface area contributed by atoms with Crippen LogP contribution < -0.4 is 10.6 Å². The Labute approximate surface area is 116 Å². The molecule has 0 aliphatic rings. The molecule has 0 bridgehead atoms. The number of hydrogen-bond acceptors (Lipinski definition) is 2. The molecule has 7 heteroatoms. The van der Waals surface area contributed by atoms with E-state index in [1.165, 1.54) is 0 Å². The zero-order valence-electron chi connectivity index (χ0n) is 11.6. The molecule has 1 rings (SSSR count). The van der Waals surface area contributed by atoms with Crippen molar-refractivity contribution < 1.29 is 18.0 Å². The fourth-order valence-electron chi connectivity index (χ4n) is 1.66. The Balaban J connectivity index is 2.44. The summed E-state index contributed by atoms with van der Waals surface area (Å²) in [6.45, 7) is 4.17. The smallest absolute Gasteiger partial charge is 0.345 e. The first kappa shape index (κ1) is 16.6. The van der Waals surface area contributed by atoms with Gasteiger partial charge in [0.1, 0.15) is 13.1 Å². The van der Waals surface area contributed by atoms with Crippen LogP contribution in [0.1, 0.15) is 19.5 Å². The van der Waals surface area contributed by atoms with E-state index < -0.39 is 18.6 Å². The second-order valence-corrected chi connectivity index (χ2v) is 5.04. The highest BCUT2D eigenvalue weighted by molar-refractivity contribution is 5.75. The molecule has 1 heterocycles. The highest BCUT2D eigenvalue weighted by Gasteiger charge is 2.27. The molecule has 0 fully saturated rings. The van der Waals surface area contributed by atoms with Gasteiger partial charge in [-0.15, -0.1) is 0 Å². The van der Waals surface area contributed by atoms with E-state index in [4.69, 9.17) is 0 Å². The van der Waals surface area contributed by atoms with Crippen molar-refractivity contribution in [2.45, 2.75) is 33.1 Å². The van der Waals surface area contributed by atoms with Crippen LogP contribution in [-0.4, -0.2) is 29.7 Å². The van der Waals surface area contributed by atoms with Crippen LogP contribution in [0.5, 0.6) is 0 Å². The fourth-order valence-corrected chi connectivity index (χ4v) is 1.66. The average molecular weight is 291 g/mol. The highest BCUT2D eigenvalue weighted by Crippen LogP contribution is 2.12. The molecule has 1 amide bonds. The van der Waals surface area contributed by atoms with E-state index in [2.05, 4.69) is 19.2 Å². The van der Waals surface area contributed by atoms with Crippen LogP contribution in [-0.2, 0) is 17.9 Å². The molecule has 0 saturated carbocycles. The molecular weight excluding hydrogens is 271 g/mol. The third-order valence-corrected chi connectivity index (χ3v) is 2.58. The molecular formula is C13H20F3N3O. The Morgan fingerprint density at radius 2 is 2.10 bits per heavy atom. The standard InChI is InChI=1S/C13H20F3N3O/c1-10(2)6-17-7-11-4-3-5-19(11)8-12(20)18-9-13(14,15)16/h3-5,10,17H,6-9H2,1-2H3,(H,18,20). The van der Waals surface area contributed by atoms with Gasteiger partial charge in [0, 0.05) is 18.4 Å². The predicted molar refractivity (Wildman–Crippen MR) is 70.0 cm³/mol. The molecule has 0 spiro atoms. The second kappa shape index (κ2) is 7.33. The van der Waals surface area contributed by atoms with Crippen LogP contribution in [0.25, 0.3) is 0 Å². The molecule has 0 aliphatic carbocycles. The maximum Gasteiger partial charge on any atom is 0.405 e. The molecule has 0 radical (unpaired) electrons. The van der Waals surface area contributed by atoms with Gasteiger partial charge in [-0.3, -0.25) is 4.79 Å². The van der Waals surface area contributed by atoms with E-state index >= 15 is 0 Å². The van der Waals surface area contributed by atoms with Crippen molar-refractivity contribution in [1.82, 2.24) is 15.2 Å². The molecule has 2 N–H and O–H groups in total. The van der Waals surface area contributed by atoms with Crippen molar-refractivity contribution in [3.63, 3.8) is 0 Å². The van der Waals surface area contributed by atoms with Gasteiger partial charge in [-0.2, -0.15) is 13.2 Å². The summed E-state index contributed by atoms with van der Waals surface area (Å²) in [5, 5.41) is 5.08. The minimum absolute atomic E-state index is 0.109. The number of hydrogen-bond donors (Lipinski definition) is 2. The van der Waals surface area contributed by atoms with Crippen LogP contribution in [0.15, 0.2) is 18.3 Å². The van der Waals surface area contributed by atoms with Crippen LogP contribution in [0, 0.1) is 5.92 Å². The molecule has 114 valence electrons. The Kier molecular flexibility index (Phi) is 6.06. The van der Waals surface area contributed by atoms with Crippen molar-refractivity contribution in [1.29, 1.82) is 0 Å². The number of rotatable bonds is 7. The Bertz CT molecular complexity index is 427. The lowest BCUT2D eigenvalue weighted by atomic mass is 10.2. The quantitative estimate of drug-likeness (QED) is 0.806. The minimum atomic E-state index is -4.38. The van der Waals surface area contributed by atoms with E-state index in [-0.39, 0.29) is 6.54 Å². The van der Waals surface area contributed by atoms with Crippen LogP contribution in [0.4, 0.5) is 13.2 Å². The number of aromatic nitrogens is 1. The van der Waals surface area contributed by atoms with Gasteiger partial charge in [0.25, 0.3) is 0 Å². The summed E-state index contributed by atoms with van der Waals surface area (Å²) < 4.78 is 37.6. The molecule has 0 aliphatic heterocycles. The Morgan fingerprint density at radius 3 is 2.70 bits per heavy atom. The molecule has 0 atom stereocenters. The van der Waals surface area contributed by atoms with Crippen molar-refractivity contribution in [3.8, 4) is 0 Å². The van der Waals surface area contributed by atoms with Gasteiger partial charge < -0.3 is 15.2 Å². The second-order valence-electron chi connectivity index (χ2n) is 5.04. The van der Waals surface area contributed by atoms with Gasteiger partial charge in [-0.05, 0) is 24.6 Å². The molecule has 0 saturated heterocycles. The summed E-state index contributed by atoms with van der Waals surface area (Å²) in [6.07, 6.45) is -2.70. The first-order chi connectivity index (χ1) is 9.28. The molecule has 4 nitrogen and oxygen atoms in total. The number of alkyl halides is 3. The predicted octanol–water partition coefficient (Wildman–Crippen LogP) is 1.91. The number of amides is 1. The first-order valence-electron chi connectivity index (χ1n) is 6.46. The number of carbonyl (C=O) groups is 1. The topological polar surface area (TPSA) is 46.1 Å². The van der Waals surface area contributed by atoms with E-state index in [0.29, 0.717) is 12.5 Å². The minimum Gasteiger partial charge on any atom is -0.345 e. The lowest BCUT2D eigenvalue weighted by Gasteiger charge is -2.12. The zero-order chi connectivity index (χ0) is 15.2. The third-order valence-electron chi connectivity index (χ3n) is 2.58. The Hall–Kier alpha value is -1.50. The van der Waals surface area contributed by atoms with Crippen LogP contribution in [0.2, 0.25) is 0 Å². The highest BCUT2D eigenvalue weighted by atomic mass is 19.4. The SMILES string of the molecule is CC(C)CNCc1cccn1CC(=O)NCC(F)(F)F. The monoisotopic (exact) mass is 291 g/mol. The number of nitrogens with one attached hydrogen (secondary N) is 2.